The van der Waals surface area contributed by atoms with Gasteiger partial charge in [0.15, 0.2) is 0 Å². The molecule has 0 fully saturated rings. The Kier molecular flexibility index (Phi) is 4.32. The Balaban J connectivity index is 2.13. The largest absolute Gasteiger partial charge is 0.497 e. The Morgan fingerprint density at radius 1 is 1.05 bits per heavy atom. The second kappa shape index (κ2) is 6.00. The van der Waals surface area contributed by atoms with E-state index >= 15 is 0 Å². The van der Waals surface area contributed by atoms with Gasteiger partial charge in [-0.25, -0.2) is 0 Å². The first kappa shape index (κ1) is 15.1. The maximum atomic E-state index is 12.2. The number of carbonyl (C=O) groups excluding carboxylic acids is 1. The van der Waals surface area contributed by atoms with Gasteiger partial charge in [-0.1, -0.05) is 39.0 Å². The minimum atomic E-state index is -0.122. The van der Waals surface area contributed by atoms with Crippen molar-refractivity contribution in [3.8, 4) is 5.75 Å². The van der Waals surface area contributed by atoms with Crippen LogP contribution < -0.4 is 10.1 Å². The van der Waals surface area contributed by atoms with E-state index < -0.39 is 0 Å². The molecule has 21 heavy (non-hydrogen) atoms. The molecule has 0 heterocycles. The lowest BCUT2D eigenvalue weighted by Gasteiger charge is -2.19. The third-order valence-corrected chi connectivity index (χ3v) is 3.34. The summed E-state index contributed by atoms with van der Waals surface area (Å²) in [5, 5.41) is 2.87. The lowest BCUT2D eigenvalue weighted by molar-refractivity contribution is 0.102. The number of hydrogen-bond acceptors (Lipinski definition) is 2. The molecule has 0 aliphatic rings. The van der Waals surface area contributed by atoms with Crippen molar-refractivity contribution in [3.63, 3.8) is 0 Å². The Morgan fingerprint density at radius 2 is 1.71 bits per heavy atom. The topological polar surface area (TPSA) is 38.3 Å². The molecule has 0 bridgehead atoms. The Hall–Kier alpha value is -2.29. The van der Waals surface area contributed by atoms with E-state index in [9.17, 15) is 4.79 Å². The average Bonchev–Trinajstić information content (AvgIpc) is 2.46. The normalized spacial score (nSPS) is 11.0. The number of carbonyl (C=O) groups is 1. The standard InChI is InChI=1S/C18H21NO2/c1-18(2,3)14-10-8-13(9-11-14)17(20)19-15-6-5-7-16(12-15)21-4/h5-12H,1-4H3,(H,19,20). The highest BCUT2D eigenvalue weighted by Crippen LogP contribution is 2.23. The van der Waals surface area contributed by atoms with Gasteiger partial charge in [-0.3, -0.25) is 4.79 Å². The molecular weight excluding hydrogens is 262 g/mol. The third-order valence-electron chi connectivity index (χ3n) is 3.34. The zero-order chi connectivity index (χ0) is 15.5. The molecule has 2 rings (SSSR count). The predicted molar refractivity (Wildman–Crippen MR) is 86.1 cm³/mol. The highest BCUT2D eigenvalue weighted by molar-refractivity contribution is 6.04. The number of rotatable bonds is 3. The lowest BCUT2D eigenvalue weighted by Crippen LogP contribution is -2.14. The van der Waals surface area contributed by atoms with Crippen LogP contribution in [0.25, 0.3) is 0 Å². The van der Waals surface area contributed by atoms with Gasteiger partial charge in [-0.15, -0.1) is 0 Å². The molecule has 0 spiro atoms. The SMILES string of the molecule is COc1cccc(NC(=O)c2ccc(C(C)(C)C)cc2)c1. The minimum Gasteiger partial charge on any atom is -0.497 e. The van der Waals surface area contributed by atoms with E-state index in [0.717, 1.165) is 11.4 Å². The van der Waals surface area contributed by atoms with Gasteiger partial charge >= 0.3 is 0 Å². The molecule has 2 aromatic carbocycles. The molecule has 0 saturated heterocycles. The van der Waals surface area contributed by atoms with Crippen LogP contribution >= 0.6 is 0 Å². The van der Waals surface area contributed by atoms with Gasteiger partial charge in [0, 0.05) is 17.3 Å². The van der Waals surface area contributed by atoms with Crippen LogP contribution in [-0.2, 0) is 5.41 Å². The molecule has 110 valence electrons. The fourth-order valence-corrected chi connectivity index (χ4v) is 2.03. The third kappa shape index (κ3) is 3.85. The quantitative estimate of drug-likeness (QED) is 0.914. The van der Waals surface area contributed by atoms with Crippen molar-refractivity contribution in [3.05, 3.63) is 59.7 Å². The van der Waals surface area contributed by atoms with Crippen LogP contribution in [0.1, 0.15) is 36.7 Å². The van der Waals surface area contributed by atoms with E-state index in [1.54, 1.807) is 13.2 Å². The summed E-state index contributed by atoms with van der Waals surface area (Å²) in [6.07, 6.45) is 0. The number of ether oxygens (including phenoxy) is 1. The van der Waals surface area contributed by atoms with Crippen molar-refractivity contribution in [2.75, 3.05) is 12.4 Å². The average molecular weight is 283 g/mol. The molecule has 0 atom stereocenters. The smallest absolute Gasteiger partial charge is 0.255 e. The number of nitrogens with one attached hydrogen (secondary N) is 1. The molecule has 0 aliphatic heterocycles. The van der Waals surface area contributed by atoms with Crippen LogP contribution in [0.2, 0.25) is 0 Å². The summed E-state index contributed by atoms with van der Waals surface area (Å²) in [6.45, 7) is 6.45. The van der Waals surface area contributed by atoms with Gasteiger partial charge in [0.2, 0.25) is 0 Å². The van der Waals surface area contributed by atoms with E-state index in [2.05, 4.69) is 26.1 Å². The van der Waals surface area contributed by atoms with Gasteiger partial charge in [0.25, 0.3) is 5.91 Å². The summed E-state index contributed by atoms with van der Waals surface area (Å²) >= 11 is 0. The van der Waals surface area contributed by atoms with Crippen LogP contribution in [0.5, 0.6) is 5.75 Å². The van der Waals surface area contributed by atoms with Crippen molar-refractivity contribution >= 4 is 11.6 Å². The summed E-state index contributed by atoms with van der Waals surface area (Å²) in [5.41, 5.74) is 2.66. The van der Waals surface area contributed by atoms with Gasteiger partial charge in [-0.2, -0.15) is 0 Å². The molecule has 0 radical (unpaired) electrons. The Labute approximate surface area is 126 Å². The first-order chi connectivity index (χ1) is 9.90. The molecule has 3 nitrogen and oxygen atoms in total. The van der Waals surface area contributed by atoms with Gasteiger partial charge in [0.05, 0.1) is 7.11 Å². The summed E-state index contributed by atoms with van der Waals surface area (Å²) in [7, 11) is 1.60. The van der Waals surface area contributed by atoms with Gasteiger partial charge in [0.1, 0.15) is 5.75 Å². The second-order valence-electron chi connectivity index (χ2n) is 6.01. The zero-order valence-corrected chi connectivity index (χ0v) is 12.9. The van der Waals surface area contributed by atoms with Crippen LogP contribution in [0.15, 0.2) is 48.5 Å². The van der Waals surface area contributed by atoms with Crippen LogP contribution in [0.4, 0.5) is 5.69 Å². The molecule has 0 aromatic heterocycles. The molecule has 2 aromatic rings. The highest BCUT2D eigenvalue weighted by Gasteiger charge is 2.14. The molecular formula is C18H21NO2. The van der Waals surface area contributed by atoms with E-state index in [4.69, 9.17) is 4.74 Å². The number of hydrogen-bond donors (Lipinski definition) is 1. The molecule has 0 aliphatic carbocycles. The van der Waals surface area contributed by atoms with Crippen LogP contribution in [0.3, 0.4) is 0 Å². The van der Waals surface area contributed by atoms with E-state index in [0.29, 0.717) is 5.56 Å². The first-order valence-electron chi connectivity index (χ1n) is 6.96. The fraction of sp³-hybridized carbons (Fsp3) is 0.278. The predicted octanol–water partition coefficient (Wildman–Crippen LogP) is 4.25. The van der Waals surface area contributed by atoms with Crippen molar-refractivity contribution in [2.45, 2.75) is 26.2 Å². The van der Waals surface area contributed by atoms with Crippen molar-refractivity contribution in [2.24, 2.45) is 0 Å². The Morgan fingerprint density at radius 3 is 2.29 bits per heavy atom. The van der Waals surface area contributed by atoms with E-state index in [-0.39, 0.29) is 11.3 Å². The van der Waals surface area contributed by atoms with E-state index in [1.165, 1.54) is 5.56 Å². The minimum absolute atomic E-state index is 0.0851. The second-order valence-corrected chi connectivity index (χ2v) is 6.01. The van der Waals surface area contributed by atoms with Crippen molar-refractivity contribution in [1.82, 2.24) is 0 Å². The lowest BCUT2D eigenvalue weighted by atomic mass is 9.87. The number of anilines is 1. The van der Waals surface area contributed by atoms with Gasteiger partial charge < -0.3 is 10.1 Å². The molecule has 0 unspecified atom stereocenters. The van der Waals surface area contributed by atoms with Crippen LogP contribution in [0, 0.1) is 0 Å². The summed E-state index contributed by atoms with van der Waals surface area (Å²) in [6, 6.07) is 15.0. The number of methoxy groups -OCH3 is 1. The molecule has 0 saturated carbocycles. The maximum Gasteiger partial charge on any atom is 0.255 e. The number of amides is 1. The fourth-order valence-electron chi connectivity index (χ4n) is 2.03. The Bertz CT molecular complexity index is 624. The maximum absolute atomic E-state index is 12.2. The van der Waals surface area contributed by atoms with E-state index in [1.807, 2.05) is 42.5 Å². The molecule has 3 heteroatoms. The summed E-state index contributed by atoms with van der Waals surface area (Å²) in [5.74, 6) is 0.597. The number of benzene rings is 2. The highest BCUT2D eigenvalue weighted by atomic mass is 16.5. The van der Waals surface area contributed by atoms with Crippen LogP contribution in [-0.4, -0.2) is 13.0 Å². The van der Waals surface area contributed by atoms with Gasteiger partial charge in [-0.05, 0) is 35.2 Å². The zero-order valence-electron chi connectivity index (χ0n) is 12.9. The van der Waals surface area contributed by atoms with Crippen molar-refractivity contribution < 1.29 is 9.53 Å². The first-order valence-corrected chi connectivity index (χ1v) is 6.96. The van der Waals surface area contributed by atoms with Crippen molar-refractivity contribution in [1.29, 1.82) is 0 Å². The summed E-state index contributed by atoms with van der Waals surface area (Å²) < 4.78 is 5.14. The monoisotopic (exact) mass is 283 g/mol. The molecule has 1 N–H and O–H groups in total. The molecule has 1 amide bonds. The summed E-state index contributed by atoms with van der Waals surface area (Å²) in [4.78, 5) is 12.2.